The van der Waals surface area contributed by atoms with Crippen LogP contribution in [0.25, 0.3) is 0 Å². The lowest BCUT2D eigenvalue weighted by Crippen LogP contribution is -2.49. The smallest absolute Gasteiger partial charge is 0.242 e. The molecule has 0 spiro atoms. The van der Waals surface area contributed by atoms with Gasteiger partial charge in [0.05, 0.1) is 11.9 Å². The first kappa shape index (κ1) is 30.0. The fourth-order valence-corrected chi connectivity index (χ4v) is 5.33. The molecule has 7 nitrogen and oxygen atoms in total. The Balaban J connectivity index is 1.86. The zero-order chi connectivity index (χ0) is 28.6. The van der Waals surface area contributed by atoms with Crippen molar-refractivity contribution in [3.63, 3.8) is 0 Å². The number of amides is 2. The van der Waals surface area contributed by atoms with Crippen molar-refractivity contribution >= 4 is 39.1 Å². The summed E-state index contributed by atoms with van der Waals surface area (Å²) in [5, 5.41) is 3.06. The highest BCUT2D eigenvalue weighted by Crippen LogP contribution is 2.23. The molecule has 0 saturated heterocycles. The minimum Gasteiger partial charge on any atom is -0.357 e. The summed E-state index contributed by atoms with van der Waals surface area (Å²) in [4.78, 5) is 28.0. The summed E-state index contributed by atoms with van der Waals surface area (Å²) in [7, 11) is -2.37. The Bertz CT molecular complexity index is 1410. The topological polar surface area (TPSA) is 86.8 Å². The second kappa shape index (κ2) is 13.5. The predicted octanol–water partition coefficient (Wildman–Crippen LogP) is 4.55. The van der Waals surface area contributed by atoms with Crippen LogP contribution in [0.2, 0.25) is 5.02 Å². The monoisotopic (exact) mass is 577 g/mol. The lowest BCUT2D eigenvalue weighted by molar-refractivity contribution is -0.141. The highest BCUT2D eigenvalue weighted by Gasteiger charge is 2.30. The first-order valence-corrected chi connectivity index (χ1v) is 14.4. The van der Waals surface area contributed by atoms with E-state index in [-0.39, 0.29) is 43.9 Å². The Morgan fingerprint density at radius 1 is 0.974 bits per heavy atom. The molecule has 3 aromatic carbocycles. The number of anilines is 1. The van der Waals surface area contributed by atoms with Crippen molar-refractivity contribution in [1.29, 1.82) is 0 Å². The number of hydrogen-bond donors (Lipinski definition) is 1. The average molecular weight is 578 g/mol. The average Bonchev–Trinajstić information content (AvgIpc) is 2.90. The molecule has 1 N–H and O–H groups in total. The van der Waals surface area contributed by atoms with Gasteiger partial charge in [0.2, 0.25) is 21.8 Å². The number of hydrogen-bond acceptors (Lipinski definition) is 4. The van der Waals surface area contributed by atoms with Crippen molar-refractivity contribution in [2.24, 2.45) is 0 Å². The minimum absolute atomic E-state index is 0.0518. The van der Waals surface area contributed by atoms with Crippen LogP contribution in [0.1, 0.15) is 24.0 Å². The van der Waals surface area contributed by atoms with E-state index in [0.717, 1.165) is 34.3 Å². The van der Waals surface area contributed by atoms with Gasteiger partial charge in [0.25, 0.3) is 0 Å². The van der Waals surface area contributed by atoms with Crippen LogP contribution >= 0.6 is 11.6 Å². The second-order valence-corrected chi connectivity index (χ2v) is 11.3. The highest BCUT2D eigenvalue weighted by molar-refractivity contribution is 7.92. The van der Waals surface area contributed by atoms with Crippen LogP contribution in [-0.2, 0) is 32.6 Å². The number of halogens is 3. The lowest BCUT2D eigenvalue weighted by atomic mass is 10.0. The number of rotatable bonds is 12. The van der Waals surface area contributed by atoms with Gasteiger partial charge in [-0.1, -0.05) is 60.1 Å². The number of carbonyl (C=O) groups excluding carboxylic acids is 2. The third-order valence-corrected chi connectivity index (χ3v) is 7.72. The van der Waals surface area contributed by atoms with Gasteiger partial charge in [0.1, 0.15) is 6.04 Å². The van der Waals surface area contributed by atoms with Crippen molar-refractivity contribution in [3.8, 4) is 0 Å². The Hall–Kier alpha value is -3.50. The molecule has 2 amide bonds. The van der Waals surface area contributed by atoms with Gasteiger partial charge in [-0.15, -0.1) is 0 Å². The number of benzene rings is 3. The maximum Gasteiger partial charge on any atom is 0.242 e. The molecule has 0 radical (unpaired) electrons. The molecule has 39 heavy (non-hydrogen) atoms. The molecule has 0 aromatic heterocycles. The van der Waals surface area contributed by atoms with E-state index < -0.39 is 33.6 Å². The van der Waals surface area contributed by atoms with Gasteiger partial charge < -0.3 is 10.2 Å². The first-order chi connectivity index (χ1) is 18.5. The first-order valence-electron chi connectivity index (χ1n) is 12.2. The van der Waals surface area contributed by atoms with Gasteiger partial charge in [-0.05, 0) is 35.7 Å². The molecule has 0 aliphatic rings. The standard InChI is InChI=1S/C28H30ClF2N3O4S/c1-32-28(36)26(17-20-9-4-3-5-10-20)33(19-21-11-6-7-12-23(21)29)27(35)13-8-16-34(39(2,37)38)22-14-15-24(30)25(31)18-22/h3-7,9-12,14-15,18,26H,8,13,16-17,19H2,1-2H3,(H,32,36). The van der Waals surface area contributed by atoms with E-state index in [1.807, 2.05) is 30.3 Å². The van der Waals surface area contributed by atoms with E-state index in [0.29, 0.717) is 10.6 Å². The maximum absolute atomic E-state index is 13.8. The van der Waals surface area contributed by atoms with Crippen molar-refractivity contribution in [2.45, 2.75) is 31.8 Å². The summed E-state index contributed by atoms with van der Waals surface area (Å²) in [5.41, 5.74) is 1.45. The van der Waals surface area contributed by atoms with Gasteiger partial charge in [-0.2, -0.15) is 0 Å². The van der Waals surface area contributed by atoms with E-state index in [9.17, 15) is 26.8 Å². The molecule has 0 saturated carbocycles. The van der Waals surface area contributed by atoms with Crippen LogP contribution in [0, 0.1) is 11.6 Å². The second-order valence-electron chi connectivity index (χ2n) is 8.97. The minimum atomic E-state index is -3.86. The van der Waals surface area contributed by atoms with Gasteiger partial charge in [0.15, 0.2) is 11.6 Å². The SMILES string of the molecule is CNC(=O)C(Cc1ccccc1)N(Cc1ccccc1Cl)C(=O)CCCN(c1ccc(F)c(F)c1)S(C)(=O)=O. The molecule has 0 aliphatic heterocycles. The van der Waals surface area contributed by atoms with Crippen molar-refractivity contribution in [1.82, 2.24) is 10.2 Å². The van der Waals surface area contributed by atoms with Gasteiger partial charge in [0, 0.05) is 44.1 Å². The van der Waals surface area contributed by atoms with Crippen molar-refractivity contribution in [2.75, 3.05) is 24.2 Å². The van der Waals surface area contributed by atoms with E-state index in [2.05, 4.69) is 5.32 Å². The molecule has 11 heteroatoms. The molecule has 0 heterocycles. The maximum atomic E-state index is 13.8. The summed E-state index contributed by atoms with van der Waals surface area (Å²) in [5.74, 6) is -3.04. The molecule has 208 valence electrons. The van der Waals surface area contributed by atoms with E-state index in [4.69, 9.17) is 11.6 Å². The summed E-state index contributed by atoms with van der Waals surface area (Å²) in [6.07, 6.45) is 1.15. The Labute approximate surface area is 232 Å². The van der Waals surface area contributed by atoms with E-state index in [1.165, 1.54) is 11.9 Å². The van der Waals surface area contributed by atoms with Crippen LogP contribution in [0.15, 0.2) is 72.8 Å². The number of nitrogens with zero attached hydrogens (tertiary/aromatic N) is 2. The van der Waals surface area contributed by atoms with Crippen LogP contribution in [0.3, 0.4) is 0 Å². The number of nitrogens with one attached hydrogen (secondary N) is 1. The Morgan fingerprint density at radius 3 is 2.26 bits per heavy atom. The van der Waals surface area contributed by atoms with E-state index in [1.54, 1.807) is 24.3 Å². The zero-order valence-corrected chi connectivity index (χ0v) is 23.2. The Morgan fingerprint density at radius 2 is 1.64 bits per heavy atom. The molecule has 0 aliphatic carbocycles. The predicted molar refractivity (Wildman–Crippen MR) is 148 cm³/mol. The third kappa shape index (κ3) is 8.24. The van der Waals surface area contributed by atoms with Crippen LogP contribution in [0.5, 0.6) is 0 Å². The largest absolute Gasteiger partial charge is 0.357 e. The van der Waals surface area contributed by atoms with Crippen molar-refractivity contribution in [3.05, 3.63) is 101 Å². The van der Waals surface area contributed by atoms with E-state index >= 15 is 0 Å². The van der Waals surface area contributed by atoms with Gasteiger partial charge >= 0.3 is 0 Å². The summed E-state index contributed by atoms with van der Waals surface area (Å²) in [6, 6.07) is 18.2. The molecule has 1 unspecified atom stereocenters. The third-order valence-electron chi connectivity index (χ3n) is 6.16. The normalized spacial score (nSPS) is 12.0. The molecular formula is C28H30ClF2N3O4S. The van der Waals surface area contributed by atoms with Crippen LogP contribution in [-0.4, -0.2) is 51.0 Å². The lowest BCUT2D eigenvalue weighted by Gasteiger charge is -2.32. The molecule has 0 bridgehead atoms. The fraction of sp³-hybridized carbons (Fsp3) is 0.286. The molecule has 0 fully saturated rings. The molecule has 3 aromatic rings. The summed E-state index contributed by atoms with van der Waals surface area (Å²) >= 11 is 6.37. The van der Waals surface area contributed by atoms with Gasteiger partial charge in [-0.25, -0.2) is 17.2 Å². The van der Waals surface area contributed by atoms with Crippen LogP contribution < -0.4 is 9.62 Å². The fourth-order valence-electron chi connectivity index (χ4n) is 4.17. The van der Waals surface area contributed by atoms with Gasteiger partial charge in [-0.3, -0.25) is 13.9 Å². The number of carbonyl (C=O) groups is 2. The van der Waals surface area contributed by atoms with Crippen molar-refractivity contribution < 1.29 is 26.8 Å². The summed E-state index contributed by atoms with van der Waals surface area (Å²) < 4.78 is 52.9. The van der Waals surface area contributed by atoms with Crippen LogP contribution in [0.4, 0.5) is 14.5 Å². The molecule has 3 rings (SSSR count). The number of likely N-dealkylation sites (N-methyl/N-ethyl adjacent to an activating group) is 1. The summed E-state index contributed by atoms with van der Waals surface area (Å²) in [6.45, 7) is -0.0959. The molecular weight excluding hydrogens is 548 g/mol. The highest BCUT2D eigenvalue weighted by atomic mass is 35.5. The zero-order valence-electron chi connectivity index (χ0n) is 21.6. The molecule has 1 atom stereocenters. The Kier molecular flexibility index (Phi) is 10.4. The quantitative estimate of drug-likeness (QED) is 0.342. The number of sulfonamides is 1.